The molecular weight excluding hydrogens is 455 g/mol. The maximum absolute atomic E-state index is 6.17. The van der Waals surface area contributed by atoms with Crippen molar-refractivity contribution in [3.05, 3.63) is 54.7 Å². The Morgan fingerprint density at radius 2 is 1.85 bits per heavy atom. The molecule has 0 aromatic carbocycles. The standard InChI is InChI=1S/C18H22N8.HI/c19-17(20-8-5-15-14-26-9-2-1-4-16(26)23-15)24-10-12-25(13-11-24)18-21-6-3-7-22-18;/h1-4,6-7,9,14H,5,8,10-13H2,(H2,19,20);1H. The van der Waals surface area contributed by atoms with Gasteiger partial charge >= 0.3 is 0 Å². The van der Waals surface area contributed by atoms with Gasteiger partial charge in [-0.2, -0.15) is 0 Å². The van der Waals surface area contributed by atoms with Crippen LogP contribution in [-0.2, 0) is 6.42 Å². The lowest BCUT2D eigenvalue weighted by atomic mass is 10.3. The molecule has 0 unspecified atom stereocenters. The molecule has 3 aromatic heterocycles. The normalized spacial score (nSPS) is 15.0. The number of anilines is 1. The summed E-state index contributed by atoms with van der Waals surface area (Å²) in [5.41, 5.74) is 8.16. The highest BCUT2D eigenvalue weighted by Crippen LogP contribution is 2.09. The minimum absolute atomic E-state index is 0. The molecule has 2 N–H and O–H groups in total. The van der Waals surface area contributed by atoms with Gasteiger partial charge in [-0.25, -0.2) is 15.0 Å². The third-order valence-corrected chi connectivity index (χ3v) is 4.49. The van der Waals surface area contributed by atoms with Crippen LogP contribution in [0.5, 0.6) is 0 Å². The summed E-state index contributed by atoms with van der Waals surface area (Å²) in [6, 6.07) is 7.81. The molecule has 3 aromatic rings. The Kier molecular flexibility index (Phi) is 6.43. The number of rotatable bonds is 4. The second-order valence-corrected chi connectivity index (χ2v) is 6.21. The first-order valence-electron chi connectivity index (χ1n) is 8.79. The molecular formula is C18H23IN8. The molecule has 0 aliphatic carbocycles. The first-order valence-corrected chi connectivity index (χ1v) is 8.79. The minimum atomic E-state index is 0. The van der Waals surface area contributed by atoms with Crippen LogP contribution < -0.4 is 10.6 Å². The topological polar surface area (TPSA) is 87.9 Å². The average Bonchev–Trinajstić information content (AvgIpc) is 3.11. The average molecular weight is 478 g/mol. The van der Waals surface area contributed by atoms with Crippen LogP contribution in [-0.4, -0.2) is 62.9 Å². The van der Waals surface area contributed by atoms with Crippen molar-refractivity contribution < 1.29 is 0 Å². The lowest BCUT2D eigenvalue weighted by Crippen LogP contribution is -2.51. The van der Waals surface area contributed by atoms with E-state index in [1.165, 1.54) is 0 Å². The van der Waals surface area contributed by atoms with Crippen molar-refractivity contribution in [2.45, 2.75) is 6.42 Å². The van der Waals surface area contributed by atoms with E-state index in [9.17, 15) is 0 Å². The fourth-order valence-corrected chi connectivity index (χ4v) is 3.08. The Balaban J connectivity index is 0.00000210. The molecule has 8 nitrogen and oxygen atoms in total. The van der Waals surface area contributed by atoms with Gasteiger partial charge in [-0.3, -0.25) is 4.99 Å². The van der Waals surface area contributed by atoms with Gasteiger partial charge in [0.2, 0.25) is 5.95 Å². The summed E-state index contributed by atoms with van der Waals surface area (Å²) in [6.45, 7) is 3.96. The molecule has 0 atom stereocenters. The SMILES string of the molecule is I.NC(=NCCc1cn2ccccc2n1)N1CCN(c2ncccn2)CC1. The zero-order valence-corrected chi connectivity index (χ0v) is 17.3. The van der Waals surface area contributed by atoms with Gasteiger partial charge in [0.1, 0.15) is 5.65 Å². The Morgan fingerprint density at radius 1 is 1.07 bits per heavy atom. The fourth-order valence-electron chi connectivity index (χ4n) is 3.08. The fraction of sp³-hybridized carbons (Fsp3) is 0.333. The van der Waals surface area contributed by atoms with Crippen molar-refractivity contribution in [2.75, 3.05) is 37.6 Å². The van der Waals surface area contributed by atoms with Crippen LogP contribution in [0, 0.1) is 0 Å². The Bertz CT molecular complexity index is 854. The number of hydrogen-bond donors (Lipinski definition) is 1. The molecule has 0 saturated carbocycles. The maximum Gasteiger partial charge on any atom is 0.225 e. The minimum Gasteiger partial charge on any atom is -0.370 e. The van der Waals surface area contributed by atoms with Crippen LogP contribution in [0.4, 0.5) is 5.95 Å². The van der Waals surface area contributed by atoms with E-state index in [-0.39, 0.29) is 24.0 Å². The van der Waals surface area contributed by atoms with Crippen molar-refractivity contribution in [1.82, 2.24) is 24.3 Å². The second-order valence-electron chi connectivity index (χ2n) is 6.21. The first-order chi connectivity index (χ1) is 12.8. The van der Waals surface area contributed by atoms with Crippen molar-refractivity contribution in [3.63, 3.8) is 0 Å². The third kappa shape index (κ3) is 4.65. The zero-order valence-electron chi connectivity index (χ0n) is 15.0. The summed E-state index contributed by atoms with van der Waals surface area (Å²) >= 11 is 0. The van der Waals surface area contributed by atoms with Gasteiger partial charge in [0.05, 0.1) is 5.69 Å². The summed E-state index contributed by atoms with van der Waals surface area (Å²) in [4.78, 5) is 22.0. The smallest absolute Gasteiger partial charge is 0.225 e. The summed E-state index contributed by atoms with van der Waals surface area (Å²) < 4.78 is 2.02. The predicted molar refractivity (Wildman–Crippen MR) is 117 cm³/mol. The molecule has 4 rings (SSSR count). The quantitative estimate of drug-likeness (QED) is 0.347. The van der Waals surface area contributed by atoms with E-state index in [1.807, 2.05) is 41.1 Å². The Hall–Kier alpha value is -2.43. The molecule has 0 bridgehead atoms. The van der Waals surface area contributed by atoms with E-state index in [0.29, 0.717) is 12.5 Å². The molecule has 9 heteroatoms. The van der Waals surface area contributed by atoms with E-state index in [0.717, 1.165) is 49.9 Å². The van der Waals surface area contributed by atoms with E-state index >= 15 is 0 Å². The zero-order chi connectivity index (χ0) is 17.8. The molecule has 1 aliphatic heterocycles. The second kappa shape index (κ2) is 8.98. The number of nitrogens with zero attached hydrogens (tertiary/aromatic N) is 7. The molecule has 0 spiro atoms. The number of imidazole rings is 1. The van der Waals surface area contributed by atoms with Gasteiger partial charge in [0.15, 0.2) is 5.96 Å². The number of fused-ring (bicyclic) bond motifs is 1. The molecule has 1 saturated heterocycles. The summed E-state index contributed by atoms with van der Waals surface area (Å²) in [5.74, 6) is 1.37. The Labute approximate surface area is 175 Å². The lowest BCUT2D eigenvalue weighted by Gasteiger charge is -2.35. The van der Waals surface area contributed by atoms with Crippen LogP contribution in [0.3, 0.4) is 0 Å². The number of hydrogen-bond acceptors (Lipinski definition) is 5. The van der Waals surface area contributed by atoms with Crippen LogP contribution in [0.25, 0.3) is 5.65 Å². The molecule has 27 heavy (non-hydrogen) atoms. The molecule has 0 amide bonds. The van der Waals surface area contributed by atoms with E-state index in [2.05, 4.69) is 29.7 Å². The van der Waals surface area contributed by atoms with Crippen molar-refractivity contribution in [1.29, 1.82) is 0 Å². The van der Waals surface area contributed by atoms with Gasteiger partial charge in [-0.05, 0) is 18.2 Å². The summed E-state index contributed by atoms with van der Waals surface area (Å²) in [6.07, 6.45) is 8.35. The number of guanidine groups is 1. The summed E-state index contributed by atoms with van der Waals surface area (Å²) in [5, 5.41) is 0. The van der Waals surface area contributed by atoms with Gasteiger partial charge in [-0.1, -0.05) is 6.07 Å². The van der Waals surface area contributed by atoms with Gasteiger partial charge in [0.25, 0.3) is 0 Å². The van der Waals surface area contributed by atoms with E-state index in [1.54, 1.807) is 12.4 Å². The van der Waals surface area contributed by atoms with Crippen molar-refractivity contribution >= 4 is 41.5 Å². The number of nitrogens with two attached hydrogens (primary N) is 1. The highest BCUT2D eigenvalue weighted by atomic mass is 127. The number of piperazine rings is 1. The molecule has 0 radical (unpaired) electrons. The molecule has 4 heterocycles. The van der Waals surface area contributed by atoms with Crippen molar-refractivity contribution in [3.8, 4) is 0 Å². The molecule has 142 valence electrons. The third-order valence-electron chi connectivity index (χ3n) is 4.49. The number of aromatic nitrogens is 4. The van der Waals surface area contributed by atoms with Gasteiger partial charge < -0.3 is 19.9 Å². The number of pyridine rings is 1. The van der Waals surface area contributed by atoms with Crippen LogP contribution >= 0.6 is 24.0 Å². The predicted octanol–water partition coefficient (Wildman–Crippen LogP) is 1.42. The first kappa shape index (κ1) is 19.3. The molecule has 1 aliphatic rings. The van der Waals surface area contributed by atoms with Crippen LogP contribution in [0.15, 0.2) is 54.0 Å². The van der Waals surface area contributed by atoms with Crippen molar-refractivity contribution in [2.24, 2.45) is 10.7 Å². The van der Waals surface area contributed by atoms with E-state index < -0.39 is 0 Å². The number of aliphatic imine (C=N–C) groups is 1. The monoisotopic (exact) mass is 478 g/mol. The number of halogens is 1. The lowest BCUT2D eigenvalue weighted by molar-refractivity contribution is 0.378. The maximum atomic E-state index is 6.17. The Morgan fingerprint density at radius 3 is 2.59 bits per heavy atom. The largest absolute Gasteiger partial charge is 0.370 e. The van der Waals surface area contributed by atoms with Gasteiger partial charge in [0, 0.05) is 63.9 Å². The molecule has 1 fully saturated rings. The summed E-state index contributed by atoms with van der Waals surface area (Å²) in [7, 11) is 0. The van der Waals surface area contributed by atoms with E-state index in [4.69, 9.17) is 5.73 Å². The van der Waals surface area contributed by atoms with Crippen LogP contribution in [0.2, 0.25) is 0 Å². The van der Waals surface area contributed by atoms with Crippen LogP contribution in [0.1, 0.15) is 5.69 Å². The highest BCUT2D eigenvalue weighted by molar-refractivity contribution is 14.0. The highest BCUT2D eigenvalue weighted by Gasteiger charge is 2.19. The van der Waals surface area contributed by atoms with Gasteiger partial charge in [-0.15, -0.1) is 24.0 Å².